The van der Waals surface area contributed by atoms with E-state index in [2.05, 4.69) is 31.6 Å². The number of ether oxygens (including phenoxy) is 2. The first-order valence-electron chi connectivity index (χ1n) is 12.1. The summed E-state index contributed by atoms with van der Waals surface area (Å²) < 4.78 is 61.5. The minimum atomic E-state index is -4.01. The molecule has 1 aromatic carbocycles. The molecule has 1 N–H and O–H groups in total. The van der Waals surface area contributed by atoms with Gasteiger partial charge in [0.15, 0.2) is 5.76 Å². The number of rotatable bonds is 8. The van der Waals surface area contributed by atoms with Crippen LogP contribution in [0.15, 0.2) is 56.8 Å². The molecule has 1 saturated heterocycles. The summed E-state index contributed by atoms with van der Waals surface area (Å²) in [6, 6.07) is 8.65. The minimum Gasteiger partial charge on any atom is -0.494 e. The van der Waals surface area contributed by atoms with Crippen LogP contribution in [0.2, 0.25) is 0 Å². The molecule has 39 heavy (non-hydrogen) atoms. The van der Waals surface area contributed by atoms with Crippen LogP contribution in [0, 0.1) is 6.92 Å². The van der Waals surface area contributed by atoms with Crippen molar-refractivity contribution in [3.63, 3.8) is 0 Å². The number of nitrogens with one attached hydrogen (secondary N) is 1. The summed E-state index contributed by atoms with van der Waals surface area (Å²) in [5, 5.41) is 7.55. The molecule has 12 nitrogen and oxygen atoms in total. The summed E-state index contributed by atoms with van der Waals surface area (Å²) in [6.45, 7) is 7.10. The van der Waals surface area contributed by atoms with Crippen molar-refractivity contribution in [2.75, 3.05) is 32.0 Å². The molecule has 0 radical (unpaired) electrons. The third-order valence-corrected chi connectivity index (χ3v) is 7.81. The van der Waals surface area contributed by atoms with Gasteiger partial charge >= 0.3 is 0 Å². The number of aliphatic imine (C=N–C) groups is 2. The molecule has 208 valence electrons. The maximum Gasteiger partial charge on any atom is 0.243 e. The number of allylic oxidation sites excluding steroid dienone is 1. The standard InChI is InChI=1S/C25H30FN7O5S/c1-16(26)14-28-24(27-3)32-13-7-8-18(15-32)39(34,35)31-25-30-29-23(21-12-11-17(2)38-21)33(25)22-19(36-4)9-6-10-20(22)37-5/h6,9-12,14,18H,3,7-8,13,15H2,1-2,4-5H3,(H,30,31)/b16-14+,28-24?/t18-/m0/s1. The number of sulfonamides is 1. The molecule has 0 bridgehead atoms. The van der Waals surface area contributed by atoms with Gasteiger partial charge in [-0.05, 0) is 57.7 Å². The van der Waals surface area contributed by atoms with Gasteiger partial charge in [0.05, 0.1) is 25.7 Å². The highest BCUT2D eigenvalue weighted by atomic mass is 32.2. The third-order valence-electron chi connectivity index (χ3n) is 6.08. The summed E-state index contributed by atoms with van der Waals surface area (Å²) >= 11 is 0. The van der Waals surface area contributed by atoms with Crippen LogP contribution in [0.3, 0.4) is 0 Å². The lowest BCUT2D eigenvalue weighted by Crippen LogP contribution is -2.46. The number of likely N-dealkylation sites (tertiary alicyclic amines) is 1. The molecule has 0 saturated carbocycles. The molecule has 4 rings (SSSR count). The number of benzene rings is 1. The fraction of sp³-hybridized carbons (Fsp3) is 0.360. The van der Waals surface area contributed by atoms with Crippen LogP contribution in [0.25, 0.3) is 17.3 Å². The zero-order chi connectivity index (χ0) is 28.2. The highest BCUT2D eigenvalue weighted by Crippen LogP contribution is 2.38. The zero-order valence-corrected chi connectivity index (χ0v) is 22.9. The van der Waals surface area contributed by atoms with E-state index in [1.165, 1.54) is 25.7 Å². The van der Waals surface area contributed by atoms with Gasteiger partial charge in [-0.1, -0.05) is 6.07 Å². The number of anilines is 1. The Balaban J connectivity index is 1.75. The van der Waals surface area contributed by atoms with Crippen molar-refractivity contribution in [2.24, 2.45) is 9.98 Å². The average molecular weight is 560 g/mol. The number of nitrogens with zero attached hydrogens (tertiary/aromatic N) is 6. The van der Waals surface area contributed by atoms with Crippen LogP contribution >= 0.6 is 0 Å². The Bertz CT molecular complexity index is 1490. The van der Waals surface area contributed by atoms with E-state index in [1.807, 2.05) is 0 Å². The van der Waals surface area contributed by atoms with Crippen LogP contribution in [0.1, 0.15) is 25.5 Å². The van der Waals surface area contributed by atoms with E-state index >= 15 is 0 Å². The lowest BCUT2D eigenvalue weighted by Gasteiger charge is -2.32. The maximum absolute atomic E-state index is 13.7. The Hall–Kier alpha value is -4.20. The molecule has 3 heterocycles. The van der Waals surface area contributed by atoms with E-state index in [4.69, 9.17) is 13.9 Å². The molecule has 0 unspecified atom stereocenters. The number of aromatic nitrogens is 3. The highest BCUT2D eigenvalue weighted by molar-refractivity contribution is 7.93. The second-order valence-corrected chi connectivity index (χ2v) is 10.7. The first-order valence-corrected chi connectivity index (χ1v) is 13.6. The van der Waals surface area contributed by atoms with E-state index in [0.29, 0.717) is 48.1 Å². The molecule has 0 amide bonds. The van der Waals surface area contributed by atoms with Crippen molar-refractivity contribution < 1.29 is 26.7 Å². The lowest BCUT2D eigenvalue weighted by atomic mass is 10.1. The summed E-state index contributed by atoms with van der Waals surface area (Å²) in [5.41, 5.74) is 0.387. The number of para-hydroxylation sites is 1. The summed E-state index contributed by atoms with van der Waals surface area (Å²) in [6.07, 6.45) is 1.94. The van der Waals surface area contributed by atoms with Crippen molar-refractivity contribution in [3.8, 4) is 28.8 Å². The van der Waals surface area contributed by atoms with Crippen LogP contribution in [0.5, 0.6) is 11.5 Å². The van der Waals surface area contributed by atoms with Gasteiger partial charge < -0.3 is 18.8 Å². The minimum absolute atomic E-state index is 0.0721. The number of methoxy groups -OCH3 is 2. The fourth-order valence-corrected chi connectivity index (χ4v) is 5.69. The molecule has 1 aliphatic heterocycles. The second kappa shape index (κ2) is 11.7. The normalized spacial score (nSPS) is 16.7. The zero-order valence-electron chi connectivity index (χ0n) is 22.1. The molecule has 1 atom stereocenters. The monoisotopic (exact) mass is 559 g/mol. The summed E-state index contributed by atoms with van der Waals surface area (Å²) in [5.74, 6) is 1.61. The van der Waals surface area contributed by atoms with E-state index in [1.54, 1.807) is 42.2 Å². The van der Waals surface area contributed by atoms with E-state index in [9.17, 15) is 12.8 Å². The molecule has 0 spiro atoms. The predicted octanol–water partition coefficient (Wildman–Crippen LogP) is 3.95. The third kappa shape index (κ3) is 5.95. The quantitative estimate of drug-likeness (QED) is 0.324. The Morgan fingerprint density at radius 3 is 2.54 bits per heavy atom. The number of guanidine groups is 1. The Morgan fingerprint density at radius 2 is 1.95 bits per heavy atom. The van der Waals surface area contributed by atoms with Gasteiger partial charge in [0.25, 0.3) is 0 Å². The molecular weight excluding hydrogens is 529 g/mol. The van der Waals surface area contributed by atoms with E-state index in [0.717, 1.165) is 6.20 Å². The van der Waals surface area contributed by atoms with Gasteiger partial charge in [0, 0.05) is 13.1 Å². The van der Waals surface area contributed by atoms with Crippen molar-refractivity contribution >= 4 is 28.6 Å². The van der Waals surface area contributed by atoms with Crippen molar-refractivity contribution in [2.45, 2.75) is 31.9 Å². The number of halogens is 1. The summed E-state index contributed by atoms with van der Waals surface area (Å²) in [7, 11) is -1.02. The Kier molecular flexibility index (Phi) is 8.33. The van der Waals surface area contributed by atoms with Crippen molar-refractivity contribution in [1.82, 2.24) is 19.7 Å². The molecule has 2 aromatic heterocycles. The van der Waals surface area contributed by atoms with Crippen LogP contribution in [-0.4, -0.2) is 73.3 Å². The number of furan rings is 1. The first kappa shape index (κ1) is 27.8. The number of aryl methyl sites for hydroxylation is 1. The molecule has 1 fully saturated rings. The molecule has 1 aliphatic rings. The largest absolute Gasteiger partial charge is 0.494 e. The number of piperidine rings is 1. The Labute approximate surface area is 225 Å². The van der Waals surface area contributed by atoms with Gasteiger partial charge in [-0.2, -0.15) is 0 Å². The number of hydrogen-bond acceptors (Lipinski definition) is 8. The topological polar surface area (TPSA) is 136 Å². The van der Waals surface area contributed by atoms with E-state index in [-0.39, 0.29) is 24.3 Å². The van der Waals surface area contributed by atoms with Gasteiger partial charge in [0.2, 0.25) is 27.8 Å². The first-order chi connectivity index (χ1) is 18.7. The SMILES string of the molecule is C=NC(=N/C=C(\C)F)N1CCC[C@H](S(=O)(=O)Nc2nnc(-c3ccc(C)o3)n2-c2c(OC)cccc2OC)C1. The highest BCUT2D eigenvalue weighted by Gasteiger charge is 2.34. The van der Waals surface area contributed by atoms with Gasteiger partial charge in [-0.15, -0.1) is 10.2 Å². The Morgan fingerprint density at radius 1 is 1.23 bits per heavy atom. The lowest BCUT2D eigenvalue weighted by molar-refractivity contribution is 0.339. The molecule has 3 aromatic rings. The van der Waals surface area contributed by atoms with Gasteiger partial charge in [0.1, 0.15) is 28.8 Å². The molecular formula is C25H30FN7O5S. The predicted molar refractivity (Wildman–Crippen MR) is 146 cm³/mol. The second-order valence-electron chi connectivity index (χ2n) is 8.76. The average Bonchev–Trinajstić information content (AvgIpc) is 3.53. The van der Waals surface area contributed by atoms with Gasteiger partial charge in [-0.25, -0.2) is 22.8 Å². The summed E-state index contributed by atoms with van der Waals surface area (Å²) in [4.78, 5) is 9.50. The van der Waals surface area contributed by atoms with Crippen LogP contribution in [-0.2, 0) is 10.0 Å². The molecule has 14 heteroatoms. The van der Waals surface area contributed by atoms with E-state index < -0.39 is 21.1 Å². The van der Waals surface area contributed by atoms with Crippen LogP contribution in [0.4, 0.5) is 10.3 Å². The smallest absolute Gasteiger partial charge is 0.243 e. The van der Waals surface area contributed by atoms with Crippen molar-refractivity contribution in [3.05, 3.63) is 48.1 Å². The maximum atomic E-state index is 13.7. The fourth-order valence-electron chi connectivity index (χ4n) is 4.28. The number of hydrogen-bond donors (Lipinski definition) is 1. The van der Waals surface area contributed by atoms with Gasteiger partial charge in [-0.3, -0.25) is 9.29 Å². The van der Waals surface area contributed by atoms with Crippen molar-refractivity contribution in [1.29, 1.82) is 0 Å². The molecule has 0 aliphatic carbocycles. The van der Waals surface area contributed by atoms with Crippen LogP contribution < -0.4 is 14.2 Å².